The van der Waals surface area contributed by atoms with Crippen LogP contribution in [0, 0.1) is 5.92 Å². The second-order valence-corrected chi connectivity index (χ2v) is 4.56. The highest BCUT2D eigenvalue weighted by Gasteiger charge is 2.36. The molecular weight excluding hydrogens is 162 g/mol. The van der Waals surface area contributed by atoms with E-state index in [2.05, 4.69) is 12.2 Å². The molecule has 2 fully saturated rings. The van der Waals surface area contributed by atoms with Crippen LogP contribution >= 0.6 is 0 Å². The third-order valence-electron chi connectivity index (χ3n) is 3.73. The summed E-state index contributed by atoms with van der Waals surface area (Å²) in [5, 5.41) is 3.40. The van der Waals surface area contributed by atoms with Gasteiger partial charge in [-0.25, -0.2) is 0 Å². The summed E-state index contributed by atoms with van der Waals surface area (Å²) in [6.45, 7) is 5.58. The Morgan fingerprint density at radius 1 is 1.31 bits per heavy atom. The summed E-state index contributed by atoms with van der Waals surface area (Å²) in [6, 6.07) is 0. The fraction of sp³-hybridized carbons (Fsp3) is 1.00. The van der Waals surface area contributed by atoms with E-state index < -0.39 is 0 Å². The van der Waals surface area contributed by atoms with E-state index in [0.717, 1.165) is 25.6 Å². The second-order valence-electron chi connectivity index (χ2n) is 4.56. The van der Waals surface area contributed by atoms with E-state index >= 15 is 0 Å². The molecule has 2 nitrogen and oxygen atoms in total. The van der Waals surface area contributed by atoms with Crippen molar-refractivity contribution in [2.45, 2.75) is 44.6 Å². The van der Waals surface area contributed by atoms with Crippen LogP contribution in [0.15, 0.2) is 0 Å². The van der Waals surface area contributed by atoms with Crippen molar-refractivity contribution in [3.05, 3.63) is 0 Å². The highest BCUT2D eigenvalue weighted by atomic mass is 16.5. The Labute approximate surface area is 81.0 Å². The lowest BCUT2D eigenvalue weighted by molar-refractivity contribution is -0.116. The second kappa shape index (κ2) is 3.97. The molecule has 0 aliphatic carbocycles. The molecule has 0 radical (unpaired) electrons. The van der Waals surface area contributed by atoms with E-state index in [-0.39, 0.29) is 5.60 Å². The summed E-state index contributed by atoms with van der Waals surface area (Å²) >= 11 is 0. The number of hydrogen-bond donors (Lipinski definition) is 1. The number of piperidine rings is 1. The summed E-state index contributed by atoms with van der Waals surface area (Å²) in [4.78, 5) is 0. The molecule has 1 spiro atoms. The Morgan fingerprint density at radius 3 is 2.62 bits per heavy atom. The molecule has 1 N–H and O–H groups in total. The Morgan fingerprint density at radius 2 is 2.08 bits per heavy atom. The first-order valence-corrected chi connectivity index (χ1v) is 5.69. The van der Waals surface area contributed by atoms with Gasteiger partial charge in [0.05, 0.1) is 12.2 Å². The van der Waals surface area contributed by atoms with Crippen molar-refractivity contribution in [3.63, 3.8) is 0 Å². The largest absolute Gasteiger partial charge is 0.375 e. The van der Waals surface area contributed by atoms with Gasteiger partial charge in [0.2, 0.25) is 0 Å². The fourth-order valence-corrected chi connectivity index (χ4v) is 2.52. The average molecular weight is 183 g/mol. The van der Waals surface area contributed by atoms with Gasteiger partial charge in [-0.05, 0) is 44.7 Å². The van der Waals surface area contributed by atoms with Gasteiger partial charge in [-0.2, -0.15) is 0 Å². The first-order valence-electron chi connectivity index (χ1n) is 5.69. The molecule has 0 amide bonds. The normalized spacial score (nSPS) is 33.5. The van der Waals surface area contributed by atoms with Gasteiger partial charge in [0.1, 0.15) is 0 Å². The predicted molar refractivity (Wildman–Crippen MR) is 53.8 cm³/mol. The highest BCUT2D eigenvalue weighted by molar-refractivity contribution is 4.89. The monoisotopic (exact) mass is 183 g/mol. The van der Waals surface area contributed by atoms with Crippen molar-refractivity contribution >= 4 is 0 Å². The molecular formula is C11H21NO. The molecule has 2 saturated heterocycles. The molecule has 2 aliphatic rings. The Kier molecular flexibility index (Phi) is 2.89. The lowest BCUT2D eigenvalue weighted by atomic mass is 9.82. The van der Waals surface area contributed by atoms with Gasteiger partial charge in [0, 0.05) is 0 Å². The van der Waals surface area contributed by atoms with Crippen molar-refractivity contribution in [1.82, 2.24) is 5.32 Å². The fourth-order valence-electron chi connectivity index (χ4n) is 2.52. The Balaban J connectivity index is 1.87. The zero-order valence-corrected chi connectivity index (χ0v) is 8.64. The van der Waals surface area contributed by atoms with Crippen LogP contribution in [-0.2, 0) is 4.74 Å². The molecule has 0 aromatic rings. The smallest absolute Gasteiger partial charge is 0.0707 e. The number of nitrogens with one attached hydrogen (secondary N) is 1. The van der Waals surface area contributed by atoms with Gasteiger partial charge in [-0.1, -0.05) is 13.3 Å². The van der Waals surface area contributed by atoms with Gasteiger partial charge in [0.15, 0.2) is 0 Å². The summed E-state index contributed by atoms with van der Waals surface area (Å²) < 4.78 is 6.07. The van der Waals surface area contributed by atoms with Crippen LogP contribution in [0.3, 0.4) is 0 Å². The first-order chi connectivity index (χ1) is 6.35. The van der Waals surface area contributed by atoms with Crippen LogP contribution in [0.25, 0.3) is 0 Å². The van der Waals surface area contributed by atoms with Crippen molar-refractivity contribution < 1.29 is 4.74 Å². The summed E-state index contributed by atoms with van der Waals surface area (Å²) in [5.74, 6) is 0.834. The molecule has 0 aromatic carbocycles. The molecule has 0 aromatic heterocycles. The molecule has 0 bridgehead atoms. The van der Waals surface area contributed by atoms with Crippen LogP contribution in [-0.4, -0.2) is 25.3 Å². The predicted octanol–water partition coefficient (Wildman–Crippen LogP) is 1.95. The standard InChI is InChI=1S/C11H21NO/c1-2-10-3-4-11(13-9-10)5-7-12-8-6-11/h10,12H,2-9H2,1H3. The molecule has 2 aliphatic heterocycles. The minimum Gasteiger partial charge on any atom is -0.375 e. The molecule has 1 atom stereocenters. The van der Waals surface area contributed by atoms with Crippen LogP contribution in [0.2, 0.25) is 0 Å². The third-order valence-corrected chi connectivity index (χ3v) is 3.73. The zero-order valence-electron chi connectivity index (χ0n) is 8.64. The number of hydrogen-bond acceptors (Lipinski definition) is 2. The highest BCUT2D eigenvalue weighted by Crippen LogP contribution is 2.35. The lowest BCUT2D eigenvalue weighted by Crippen LogP contribution is -2.47. The summed E-state index contributed by atoms with van der Waals surface area (Å²) in [7, 11) is 0. The minimum absolute atomic E-state index is 0.275. The Hall–Kier alpha value is -0.0800. The van der Waals surface area contributed by atoms with Crippen LogP contribution in [0.1, 0.15) is 39.0 Å². The molecule has 0 saturated carbocycles. The van der Waals surface area contributed by atoms with Crippen molar-refractivity contribution in [3.8, 4) is 0 Å². The number of rotatable bonds is 1. The topological polar surface area (TPSA) is 21.3 Å². The van der Waals surface area contributed by atoms with E-state index in [1.54, 1.807) is 0 Å². The Bertz CT molecular complexity index is 153. The first kappa shape index (κ1) is 9.47. The van der Waals surface area contributed by atoms with Gasteiger partial charge in [-0.3, -0.25) is 0 Å². The van der Waals surface area contributed by atoms with Crippen LogP contribution in [0.5, 0.6) is 0 Å². The lowest BCUT2D eigenvalue weighted by Gasteiger charge is -2.43. The summed E-state index contributed by atoms with van der Waals surface area (Å²) in [5.41, 5.74) is 0.275. The van der Waals surface area contributed by atoms with E-state index in [0.29, 0.717) is 0 Å². The van der Waals surface area contributed by atoms with Gasteiger partial charge in [-0.15, -0.1) is 0 Å². The van der Waals surface area contributed by atoms with Crippen LogP contribution < -0.4 is 5.32 Å². The maximum atomic E-state index is 6.07. The van der Waals surface area contributed by atoms with E-state index in [1.165, 1.54) is 32.1 Å². The van der Waals surface area contributed by atoms with Crippen LogP contribution in [0.4, 0.5) is 0 Å². The molecule has 2 heteroatoms. The quantitative estimate of drug-likeness (QED) is 0.671. The van der Waals surface area contributed by atoms with Gasteiger partial charge < -0.3 is 10.1 Å². The maximum absolute atomic E-state index is 6.07. The van der Waals surface area contributed by atoms with Crippen molar-refractivity contribution in [1.29, 1.82) is 0 Å². The summed E-state index contributed by atoms with van der Waals surface area (Å²) in [6.07, 6.45) is 6.42. The van der Waals surface area contributed by atoms with Crippen molar-refractivity contribution in [2.75, 3.05) is 19.7 Å². The minimum atomic E-state index is 0.275. The number of ether oxygens (including phenoxy) is 1. The SMILES string of the molecule is CCC1CCC2(CCNCC2)OC1. The molecule has 2 rings (SSSR count). The van der Waals surface area contributed by atoms with Gasteiger partial charge >= 0.3 is 0 Å². The van der Waals surface area contributed by atoms with E-state index in [1.807, 2.05) is 0 Å². The zero-order chi connectivity index (χ0) is 9.15. The average Bonchev–Trinajstić information content (AvgIpc) is 2.20. The maximum Gasteiger partial charge on any atom is 0.0707 e. The molecule has 13 heavy (non-hydrogen) atoms. The molecule has 76 valence electrons. The van der Waals surface area contributed by atoms with E-state index in [4.69, 9.17) is 4.74 Å². The molecule has 1 unspecified atom stereocenters. The van der Waals surface area contributed by atoms with E-state index in [9.17, 15) is 0 Å². The molecule has 2 heterocycles. The van der Waals surface area contributed by atoms with Gasteiger partial charge in [0.25, 0.3) is 0 Å². The van der Waals surface area contributed by atoms with Crippen molar-refractivity contribution in [2.24, 2.45) is 5.92 Å². The third kappa shape index (κ3) is 2.05.